The molecule has 6 nitrogen and oxygen atoms in total. The first-order chi connectivity index (χ1) is 13.5. The van der Waals surface area contributed by atoms with Crippen LogP contribution in [0.25, 0.3) is 0 Å². The third kappa shape index (κ3) is 3.69. The fourth-order valence-corrected chi connectivity index (χ4v) is 4.01. The highest BCUT2D eigenvalue weighted by atomic mass is 19.1. The topological polar surface area (TPSA) is 56.6 Å². The summed E-state index contributed by atoms with van der Waals surface area (Å²) in [6, 6.07) is 5.27. The van der Waals surface area contributed by atoms with E-state index in [2.05, 4.69) is 5.10 Å². The second kappa shape index (κ2) is 8.01. The Balaban J connectivity index is 1.50. The van der Waals surface area contributed by atoms with E-state index in [1.54, 1.807) is 25.3 Å². The Kier molecular flexibility index (Phi) is 5.46. The fraction of sp³-hybridized carbons (Fsp3) is 0.524. The highest BCUT2D eigenvalue weighted by Gasteiger charge is 2.29. The smallest absolute Gasteiger partial charge is 0.257 e. The molecule has 150 valence electrons. The molecule has 0 aliphatic carbocycles. The molecule has 2 fully saturated rings. The van der Waals surface area contributed by atoms with Crippen LogP contribution in [-0.2, 0) is 9.47 Å². The fourth-order valence-electron chi connectivity index (χ4n) is 4.01. The van der Waals surface area contributed by atoms with Gasteiger partial charge in [-0.15, -0.1) is 0 Å². The molecule has 2 saturated heterocycles. The lowest BCUT2D eigenvalue weighted by Gasteiger charge is -2.33. The molecule has 1 atom stereocenters. The molecule has 2 aromatic rings. The van der Waals surface area contributed by atoms with E-state index in [1.165, 1.54) is 6.07 Å². The Hall–Kier alpha value is -2.25. The Morgan fingerprint density at radius 3 is 2.75 bits per heavy atom. The van der Waals surface area contributed by atoms with Gasteiger partial charge in [-0.25, -0.2) is 4.39 Å². The van der Waals surface area contributed by atoms with Crippen molar-refractivity contribution in [1.29, 1.82) is 0 Å². The zero-order valence-electron chi connectivity index (χ0n) is 16.4. The van der Waals surface area contributed by atoms with E-state index in [-0.39, 0.29) is 23.9 Å². The molecule has 0 radical (unpaired) electrons. The van der Waals surface area contributed by atoms with E-state index in [1.807, 2.05) is 16.5 Å². The third-order valence-electron chi connectivity index (χ3n) is 5.72. The molecule has 3 heterocycles. The van der Waals surface area contributed by atoms with Crippen molar-refractivity contribution >= 4 is 5.91 Å². The molecular weight excluding hydrogens is 361 g/mol. The highest BCUT2D eigenvalue weighted by molar-refractivity contribution is 5.95. The molecule has 1 aromatic heterocycles. The second-order valence-corrected chi connectivity index (χ2v) is 7.55. The molecular formula is C21H26FN3O3. The largest absolute Gasteiger partial charge is 0.381 e. The molecule has 1 aromatic carbocycles. The molecule has 0 N–H and O–H groups in total. The maximum absolute atomic E-state index is 13.6. The number of halogens is 1. The zero-order valence-corrected chi connectivity index (χ0v) is 16.4. The molecule has 0 bridgehead atoms. The van der Waals surface area contributed by atoms with Crippen LogP contribution in [0, 0.1) is 19.7 Å². The maximum Gasteiger partial charge on any atom is 0.257 e. The zero-order chi connectivity index (χ0) is 19.7. The first kappa shape index (κ1) is 19.1. The van der Waals surface area contributed by atoms with Gasteiger partial charge in [0.2, 0.25) is 0 Å². The van der Waals surface area contributed by atoms with Gasteiger partial charge in [-0.3, -0.25) is 9.48 Å². The van der Waals surface area contributed by atoms with E-state index in [4.69, 9.17) is 9.47 Å². The van der Waals surface area contributed by atoms with E-state index in [9.17, 15) is 9.18 Å². The minimum absolute atomic E-state index is 0.0251. The van der Waals surface area contributed by atoms with Gasteiger partial charge < -0.3 is 14.4 Å². The summed E-state index contributed by atoms with van der Waals surface area (Å²) in [5.74, 6) is -0.258. The normalized spacial score (nSPS) is 21.1. The Bertz CT molecular complexity index is 861. The molecule has 1 amide bonds. The molecule has 0 saturated carbocycles. The quantitative estimate of drug-likeness (QED) is 0.812. The van der Waals surface area contributed by atoms with Crippen LogP contribution in [0.3, 0.4) is 0 Å². The monoisotopic (exact) mass is 387 g/mol. The van der Waals surface area contributed by atoms with Gasteiger partial charge in [0, 0.05) is 25.5 Å². The van der Waals surface area contributed by atoms with Crippen LogP contribution in [0.2, 0.25) is 0 Å². The lowest BCUT2D eigenvalue weighted by atomic mass is 10.0. The van der Waals surface area contributed by atoms with Crippen LogP contribution >= 0.6 is 0 Å². The second-order valence-electron chi connectivity index (χ2n) is 7.55. The van der Waals surface area contributed by atoms with Crippen LogP contribution in [0.1, 0.15) is 52.2 Å². The SMILES string of the molecule is Cc1cc(C2CN(C(=O)c3cnn(C4CCOCC4)c3C)CCO2)ccc1F. The van der Waals surface area contributed by atoms with Crippen molar-refractivity contribution in [1.82, 2.24) is 14.7 Å². The van der Waals surface area contributed by atoms with E-state index < -0.39 is 0 Å². The number of benzene rings is 1. The van der Waals surface area contributed by atoms with Crippen LogP contribution in [-0.4, -0.2) is 53.5 Å². The van der Waals surface area contributed by atoms with Gasteiger partial charge in [0.25, 0.3) is 5.91 Å². The van der Waals surface area contributed by atoms with Gasteiger partial charge in [-0.05, 0) is 43.9 Å². The predicted octanol–water partition coefficient (Wildman–Crippen LogP) is 3.20. The summed E-state index contributed by atoms with van der Waals surface area (Å²) in [6.07, 6.45) is 3.27. The lowest BCUT2D eigenvalue weighted by molar-refractivity contribution is -0.0229. The number of aromatic nitrogens is 2. The van der Waals surface area contributed by atoms with Gasteiger partial charge in [-0.1, -0.05) is 12.1 Å². The lowest BCUT2D eigenvalue weighted by Crippen LogP contribution is -2.42. The van der Waals surface area contributed by atoms with Gasteiger partial charge >= 0.3 is 0 Å². The third-order valence-corrected chi connectivity index (χ3v) is 5.72. The number of aryl methyl sites for hydroxylation is 1. The molecule has 0 spiro atoms. The molecule has 4 rings (SSSR count). The van der Waals surface area contributed by atoms with Gasteiger partial charge in [-0.2, -0.15) is 5.10 Å². The number of nitrogens with zero attached hydrogens (tertiary/aromatic N) is 3. The Morgan fingerprint density at radius 1 is 1.21 bits per heavy atom. The van der Waals surface area contributed by atoms with Crippen molar-refractivity contribution in [3.63, 3.8) is 0 Å². The van der Waals surface area contributed by atoms with E-state index >= 15 is 0 Å². The van der Waals surface area contributed by atoms with Gasteiger partial charge in [0.1, 0.15) is 11.9 Å². The van der Waals surface area contributed by atoms with Gasteiger partial charge in [0.05, 0.1) is 31.0 Å². The standard InChI is InChI=1S/C21H26FN3O3/c1-14-11-16(3-4-19(14)22)20-13-24(7-10-28-20)21(26)18-12-23-25(15(18)2)17-5-8-27-9-6-17/h3-4,11-12,17,20H,5-10,13H2,1-2H3. The van der Waals surface area contributed by atoms with Crippen molar-refractivity contribution < 1.29 is 18.7 Å². The van der Waals surface area contributed by atoms with Crippen LogP contribution in [0.5, 0.6) is 0 Å². The Labute approximate surface area is 164 Å². The molecule has 2 aliphatic heterocycles. The number of hydrogen-bond acceptors (Lipinski definition) is 4. The van der Waals surface area contributed by atoms with Crippen molar-refractivity contribution in [3.8, 4) is 0 Å². The van der Waals surface area contributed by atoms with Crippen LogP contribution in [0.15, 0.2) is 24.4 Å². The van der Waals surface area contributed by atoms with Crippen LogP contribution in [0.4, 0.5) is 4.39 Å². The molecule has 1 unspecified atom stereocenters. The van der Waals surface area contributed by atoms with Gasteiger partial charge in [0.15, 0.2) is 0 Å². The summed E-state index contributed by atoms with van der Waals surface area (Å²) >= 11 is 0. The summed E-state index contributed by atoms with van der Waals surface area (Å²) in [5, 5.41) is 4.49. The average Bonchev–Trinajstić information content (AvgIpc) is 3.11. The summed E-state index contributed by atoms with van der Waals surface area (Å²) in [5.41, 5.74) is 3.02. The molecule has 28 heavy (non-hydrogen) atoms. The number of carbonyl (C=O) groups excluding carboxylic acids is 1. The van der Waals surface area contributed by atoms with Crippen molar-refractivity contribution in [3.05, 3.63) is 52.6 Å². The minimum atomic E-state index is -0.247. The number of amides is 1. The van der Waals surface area contributed by atoms with Crippen LogP contribution < -0.4 is 0 Å². The summed E-state index contributed by atoms with van der Waals surface area (Å²) in [7, 11) is 0. The number of ether oxygens (including phenoxy) is 2. The number of rotatable bonds is 3. The predicted molar refractivity (Wildman–Crippen MR) is 102 cm³/mol. The minimum Gasteiger partial charge on any atom is -0.381 e. The van der Waals surface area contributed by atoms with Crippen molar-refractivity contribution in [2.24, 2.45) is 0 Å². The highest BCUT2D eigenvalue weighted by Crippen LogP contribution is 2.27. The van der Waals surface area contributed by atoms with Crippen molar-refractivity contribution in [2.75, 3.05) is 32.9 Å². The summed E-state index contributed by atoms with van der Waals surface area (Å²) in [4.78, 5) is 15.0. The maximum atomic E-state index is 13.6. The number of hydrogen-bond donors (Lipinski definition) is 0. The van der Waals surface area contributed by atoms with E-state index in [0.717, 1.165) is 37.3 Å². The van der Waals surface area contributed by atoms with E-state index in [0.29, 0.717) is 30.8 Å². The first-order valence-electron chi connectivity index (χ1n) is 9.83. The average molecular weight is 387 g/mol. The summed E-state index contributed by atoms with van der Waals surface area (Å²) < 4.78 is 26.8. The first-order valence-corrected chi connectivity index (χ1v) is 9.83. The number of carbonyl (C=O) groups is 1. The molecule has 2 aliphatic rings. The number of morpholine rings is 1. The molecule has 7 heteroatoms. The Morgan fingerprint density at radius 2 is 2.00 bits per heavy atom. The summed E-state index contributed by atoms with van der Waals surface area (Å²) in [6.45, 7) is 6.60. The van der Waals surface area contributed by atoms with Crippen molar-refractivity contribution in [2.45, 2.75) is 38.8 Å².